The fourth-order valence-electron chi connectivity index (χ4n) is 3.34. The van der Waals surface area contributed by atoms with E-state index in [1.165, 1.54) is 6.20 Å². The lowest BCUT2D eigenvalue weighted by atomic mass is 10.1. The molecule has 0 saturated carbocycles. The molecule has 31 heavy (non-hydrogen) atoms. The van der Waals surface area contributed by atoms with E-state index < -0.39 is 0 Å². The Bertz CT molecular complexity index is 972. The van der Waals surface area contributed by atoms with Crippen LogP contribution in [0.1, 0.15) is 34.5 Å². The maximum Gasteiger partial charge on any atom is 0.253 e. The van der Waals surface area contributed by atoms with Gasteiger partial charge in [-0.15, -0.1) is 0 Å². The third-order valence-electron chi connectivity index (χ3n) is 5.16. The Kier molecular flexibility index (Phi) is 6.74. The van der Waals surface area contributed by atoms with Gasteiger partial charge in [-0.25, -0.2) is 9.97 Å². The Morgan fingerprint density at radius 3 is 2.55 bits per heavy atom. The molecule has 1 aliphatic rings. The summed E-state index contributed by atoms with van der Waals surface area (Å²) in [5, 5.41) is 2.91. The number of pyridine rings is 2. The van der Waals surface area contributed by atoms with Gasteiger partial charge in [-0.3, -0.25) is 4.79 Å². The van der Waals surface area contributed by atoms with Crippen molar-refractivity contribution in [2.45, 2.75) is 19.6 Å². The Morgan fingerprint density at radius 2 is 1.87 bits per heavy atom. The van der Waals surface area contributed by atoms with Gasteiger partial charge < -0.3 is 19.7 Å². The zero-order valence-electron chi connectivity index (χ0n) is 17.5. The average molecular weight is 418 g/mol. The van der Waals surface area contributed by atoms with Crippen molar-refractivity contribution >= 4 is 11.7 Å². The molecule has 1 saturated heterocycles. The first-order valence-electron chi connectivity index (χ1n) is 10.4. The Balaban J connectivity index is 1.28. The summed E-state index contributed by atoms with van der Waals surface area (Å²) in [4.78, 5) is 23.4. The average Bonchev–Trinajstić information content (AvgIpc) is 2.84. The van der Waals surface area contributed by atoms with E-state index >= 15 is 0 Å². The second-order valence-corrected chi connectivity index (χ2v) is 7.36. The SMILES string of the molecule is C[C@H](Oc1ccc(C(=O)NCc2ccc(N3CCOCC3)nc2)cn1)c1ccccc1. The Labute approximate surface area is 182 Å². The zero-order valence-corrected chi connectivity index (χ0v) is 17.5. The number of hydrogen-bond acceptors (Lipinski definition) is 6. The van der Waals surface area contributed by atoms with Crippen molar-refractivity contribution in [2.24, 2.45) is 0 Å². The molecule has 2 aromatic heterocycles. The van der Waals surface area contributed by atoms with Gasteiger partial charge in [0.15, 0.2) is 0 Å². The molecule has 0 unspecified atom stereocenters. The number of carbonyl (C=O) groups is 1. The molecule has 4 rings (SSSR count). The lowest BCUT2D eigenvalue weighted by Gasteiger charge is -2.27. The fraction of sp³-hybridized carbons (Fsp3) is 0.292. The number of nitrogens with one attached hydrogen (secondary N) is 1. The molecule has 0 radical (unpaired) electrons. The minimum absolute atomic E-state index is 0.124. The van der Waals surface area contributed by atoms with Crippen LogP contribution in [0, 0.1) is 0 Å². The van der Waals surface area contributed by atoms with E-state index in [9.17, 15) is 4.79 Å². The van der Waals surface area contributed by atoms with Crippen LogP contribution in [0.25, 0.3) is 0 Å². The van der Waals surface area contributed by atoms with Crippen LogP contribution >= 0.6 is 0 Å². The Morgan fingerprint density at radius 1 is 1.06 bits per heavy atom. The van der Waals surface area contributed by atoms with Crippen LogP contribution in [-0.2, 0) is 11.3 Å². The Hall–Kier alpha value is -3.45. The number of hydrogen-bond donors (Lipinski definition) is 1. The molecule has 1 atom stereocenters. The number of morpholine rings is 1. The van der Waals surface area contributed by atoms with Crippen LogP contribution < -0.4 is 15.0 Å². The molecule has 1 N–H and O–H groups in total. The second-order valence-electron chi connectivity index (χ2n) is 7.36. The van der Waals surface area contributed by atoms with Crippen LogP contribution in [0.4, 0.5) is 5.82 Å². The molecular formula is C24H26N4O3. The molecular weight excluding hydrogens is 392 g/mol. The number of aromatic nitrogens is 2. The smallest absolute Gasteiger partial charge is 0.253 e. The van der Waals surface area contributed by atoms with Gasteiger partial charge >= 0.3 is 0 Å². The highest BCUT2D eigenvalue weighted by Crippen LogP contribution is 2.20. The van der Waals surface area contributed by atoms with E-state index in [0.29, 0.717) is 18.0 Å². The first-order valence-corrected chi connectivity index (χ1v) is 10.4. The number of nitrogens with zero attached hydrogens (tertiary/aromatic N) is 3. The summed E-state index contributed by atoms with van der Waals surface area (Å²) in [6.07, 6.45) is 3.20. The lowest BCUT2D eigenvalue weighted by molar-refractivity contribution is 0.0950. The van der Waals surface area contributed by atoms with Gasteiger partial charge in [0.1, 0.15) is 11.9 Å². The minimum atomic E-state index is -0.188. The van der Waals surface area contributed by atoms with Crippen molar-refractivity contribution in [3.63, 3.8) is 0 Å². The third kappa shape index (κ3) is 5.58. The van der Waals surface area contributed by atoms with Crippen LogP contribution in [0.2, 0.25) is 0 Å². The number of anilines is 1. The molecule has 0 bridgehead atoms. The van der Waals surface area contributed by atoms with Crippen LogP contribution in [0.3, 0.4) is 0 Å². The highest BCUT2D eigenvalue weighted by Gasteiger charge is 2.13. The number of amides is 1. The molecule has 3 aromatic rings. The summed E-state index contributed by atoms with van der Waals surface area (Å²) in [5.41, 5.74) is 2.49. The standard InChI is InChI=1S/C24H26N4O3/c1-18(20-5-3-2-4-6-20)31-23-10-8-21(17-26-23)24(29)27-16-19-7-9-22(25-15-19)28-11-13-30-14-12-28/h2-10,15,17-18H,11-14,16H2,1H3,(H,27,29)/t18-/m0/s1. The van der Waals surface area contributed by atoms with E-state index in [1.807, 2.05) is 49.4 Å². The molecule has 7 heteroatoms. The number of carbonyl (C=O) groups excluding carboxylic acids is 1. The van der Waals surface area contributed by atoms with Gasteiger partial charge in [0, 0.05) is 38.1 Å². The first kappa shape index (κ1) is 20.8. The summed E-state index contributed by atoms with van der Waals surface area (Å²) in [6.45, 7) is 5.51. The number of ether oxygens (including phenoxy) is 2. The summed E-state index contributed by atoms with van der Waals surface area (Å²) < 4.78 is 11.2. The molecule has 1 aliphatic heterocycles. The van der Waals surface area contributed by atoms with Crippen molar-refractivity contribution in [1.82, 2.24) is 15.3 Å². The maximum absolute atomic E-state index is 12.5. The third-order valence-corrected chi connectivity index (χ3v) is 5.16. The molecule has 160 valence electrons. The molecule has 1 aromatic carbocycles. The predicted molar refractivity (Wildman–Crippen MR) is 118 cm³/mol. The van der Waals surface area contributed by atoms with Crippen LogP contribution in [-0.4, -0.2) is 42.2 Å². The monoisotopic (exact) mass is 418 g/mol. The summed E-state index contributed by atoms with van der Waals surface area (Å²) in [6, 6.07) is 17.3. The number of rotatable bonds is 7. The first-order chi connectivity index (χ1) is 15.2. The molecule has 3 heterocycles. The molecule has 1 amide bonds. The number of benzene rings is 1. The van der Waals surface area contributed by atoms with Crippen molar-refractivity contribution in [2.75, 3.05) is 31.2 Å². The van der Waals surface area contributed by atoms with Gasteiger partial charge in [-0.05, 0) is 30.2 Å². The summed E-state index contributed by atoms with van der Waals surface area (Å²) in [5.74, 6) is 1.23. The highest BCUT2D eigenvalue weighted by molar-refractivity contribution is 5.93. The van der Waals surface area contributed by atoms with E-state index in [2.05, 4.69) is 20.2 Å². The summed E-state index contributed by atoms with van der Waals surface area (Å²) >= 11 is 0. The second kappa shape index (κ2) is 10.0. The van der Waals surface area contributed by atoms with Crippen molar-refractivity contribution in [1.29, 1.82) is 0 Å². The quantitative estimate of drug-likeness (QED) is 0.634. The minimum Gasteiger partial charge on any atom is -0.470 e. The maximum atomic E-state index is 12.5. The predicted octanol–water partition coefficient (Wildman–Crippen LogP) is 3.38. The lowest BCUT2D eigenvalue weighted by Crippen LogP contribution is -2.36. The topological polar surface area (TPSA) is 76.6 Å². The summed E-state index contributed by atoms with van der Waals surface area (Å²) in [7, 11) is 0. The van der Waals surface area contributed by atoms with Crippen molar-refractivity contribution in [3.8, 4) is 5.88 Å². The van der Waals surface area contributed by atoms with Crippen LogP contribution in [0.5, 0.6) is 5.88 Å². The van der Waals surface area contributed by atoms with Crippen LogP contribution in [0.15, 0.2) is 67.0 Å². The largest absolute Gasteiger partial charge is 0.470 e. The van der Waals surface area contributed by atoms with E-state index in [0.717, 1.165) is 43.2 Å². The van der Waals surface area contributed by atoms with Gasteiger partial charge in [-0.2, -0.15) is 0 Å². The van der Waals surface area contributed by atoms with Gasteiger partial charge in [0.05, 0.1) is 18.8 Å². The molecule has 0 aliphatic carbocycles. The van der Waals surface area contributed by atoms with Crippen molar-refractivity contribution < 1.29 is 14.3 Å². The van der Waals surface area contributed by atoms with E-state index in [4.69, 9.17) is 9.47 Å². The fourth-order valence-corrected chi connectivity index (χ4v) is 3.34. The molecule has 7 nitrogen and oxygen atoms in total. The zero-order chi connectivity index (χ0) is 21.5. The molecule has 1 fully saturated rings. The van der Waals surface area contributed by atoms with Gasteiger partial charge in [0.25, 0.3) is 5.91 Å². The van der Waals surface area contributed by atoms with Gasteiger partial charge in [-0.1, -0.05) is 36.4 Å². The van der Waals surface area contributed by atoms with Gasteiger partial charge in [0.2, 0.25) is 5.88 Å². The van der Waals surface area contributed by atoms with Crippen molar-refractivity contribution in [3.05, 3.63) is 83.7 Å². The normalized spacial score (nSPS) is 14.7. The highest BCUT2D eigenvalue weighted by atomic mass is 16.5. The molecule has 0 spiro atoms. The van der Waals surface area contributed by atoms with E-state index in [1.54, 1.807) is 18.3 Å². The van der Waals surface area contributed by atoms with E-state index in [-0.39, 0.29) is 12.0 Å².